The molecule has 4 rings (SSSR count). The van der Waals surface area contributed by atoms with E-state index in [0.29, 0.717) is 19.6 Å². The summed E-state index contributed by atoms with van der Waals surface area (Å²) in [7, 11) is 1.73. The first-order chi connectivity index (χ1) is 16.3. The molecule has 4 aliphatic heterocycles. The van der Waals surface area contributed by atoms with Crippen LogP contribution in [0.4, 0.5) is 0 Å². The molecule has 0 radical (unpaired) electrons. The van der Waals surface area contributed by atoms with E-state index in [-0.39, 0.29) is 30.2 Å². The van der Waals surface area contributed by atoms with Crippen LogP contribution in [0.2, 0.25) is 0 Å². The number of ether oxygens (including phenoxy) is 1. The summed E-state index contributed by atoms with van der Waals surface area (Å²) in [4.78, 5) is 46.6. The minimum Gasteiger partial charge on any atom is -0.394 e. The van der Waals surface area contributed by atoms with Crippen LogP contribution in [0.15, 0.2) is 24.3 Å². The number of aliphatic hydroxyl groups is 1. The Balaban J connectivity index is 1.81. The molecule has 2 saturated heterocycles. The van der Waals surface area contributed by atoms with E-state index in [2.05, 4.69) is 6.92 Å². The molecule has 0 aromatic carbocycles. The number of amides is 3. The Bertz CT molecular complexity index is 872. The minimum absolute atomic E-state index is 0.0124. The first-order valence-corrected chi connectivity index (χ1v) is 12.8. The summed E-state index contributed by atoms with van der Waals surface area (Å²) in [6, 6.07) is -1.41. The second-order valence-corrected chi connectivity index (χ2v) is 10.3. The molecule has 1 unspecified atom stereocenters. The molecular weight excluding hydrogens is 434 g/mol. The van der Waals surface area contributed by atoms with Gasteiger partial charge in [0, 0.05) is 26.7 Å². The second-order valence-electron chi connectivity index (χ2n) is 10.3. The summed E-state index contributed by atoms with van der Waals surface area (Å²) < 4.78 is 6.60. The van der Waals surface area contributed by atoms with Gasteiger partial charge in [-0.2, -0.15) is 0 Å². The quantitative estimate of drug-likeness (QED) is 0.427. The van der Waals surface area contributed by atoms with Crippen molar-refractivity contribution in [1.82, 2.24) is 14.7 Å². The molecule has 3 amide bonds. The predicted octanol–water partition coefficient (Wildman–Crippen LogP) is 1.59. The van der Waals surface area contributed by atoms with Gasteiger partial charge in [-0.1, -0.05) is 64.3 Å². The Labute approximate surface area is 202 Å². The number of fused-ring (bicyclic) bond motifs is 2. The van der Waals surface area contributed by atoms with E-state index in [1.807, 2.05) is 38.2 Å². The van der Waals surface area contributed by atoms with Gasteiger partial charge < -0.3 is 24.5 Å². The zero-order chi connectivity index (χ0) is 24.6. The van der Waals surface area contributed by atoms with Gasteiger partial charge in [0.05, 0.1) is 30.6 Å². The lowest BCUT2D eigenvalue weighted by Crippen LogP contribution is -2.59. The zero-order valence-electron chi connectivity index (χ0n) is 20.9. The molecule has 4 aliphatic rings. The average molecular weight is 474 g/mol. The maximum absolute atomic E-state index is 14.1. The standard InChI is InChI=1S/C26H39N3O5/c1-5-7-8-14-28-15-10-12-26-21(20-19(34-26)11-9-13-27(4)23(20)31)24(32)29(22(26)25(28)33)18(16-30)17(3)6-2/h9-12,17-22,30H,5-8,13-16H2,1-4H3/t17-,18-,19-,20+,21-,22?,26-/m0/s1. The van der Waals surface area contributed by atoms with Crippen LogP contribution in [0.5, 0.6) is 0 Å². The number of nitrogens with zero attached hydrogens (tertiary/aromatic N) is 3. The van der Waals surface area contributed by atoms with Crippen LogP contribution in [0.25, 0.3) is 0 Å². The molecule has 4 heterocycles. The molecule has 34 heavy (non-hydrogen) atoms. The average Bonchev–Trinajstić information content (AvgIpc) is 3.15. The molecule has 1 spiro atoms. The van der Waals surface area contributed by atoms with Gasteiger partial charge in [0.2, 0.25) is 17.7 Å². The van der Waals surface area contributed by atoms with Crippen molar-refractivity contribution in [1.29, 1.82) is 0 Å². The molecule has 1 N–H and O–H groups in total. The van der Waals surface area contributed by atoms with E-state index in [4.69, 9.17) is 4.74 Å². The number of carbonyl (C=O) groups excluding carboxylic acids is 3. The van der Waals surface area contributed by atoms with Crippen LogP contribution in [0.3, 0.4) is 0 Å². The van der Waals surface area contributed by atoms with Gasteiger partial charge in [-0.3, -0.25) is 14.4 Å². The lowest BCUT2D eigenvalue weighted by molar-refractivity contribution is -0.152. The molecule has 0 aromatic rings. The lowest BCUT2D eigenvalue weighted by atomic mass is 9.77. The Kier molecular flexibility index (Phi) is 7.20. The monoisotopic (exact) mass is 473 g/mol. The van der Waals surface area contributed by atoms with Crippen LogP contribution in [-0.4, -0.2) is 94.6 Å². The summed E-state index contributed by atoms with van der Waals surface area (Å²) in [5.74, 6) is -2.05. The fraction of sp³-hybridized carbons (Fsp3) is 0.731. The van der Waals surface area contributed by atoms with Gasteiger partial charge in [-0.15, -0.1) is 0 Å². The molecule has 0 aromatic heterocycles. The van der Waals surface area contributed by atoms with Crippen molar-refractivity contribution in [3.8, 4) is 0 Å². The lowest BCUT2D eigenvalue weighted by Gasteiger charge is -2.40. The molecular formula is C26H39N3O5. The number of hydrogen-bond donors (Lipinski definition) is 1. The first-order valence-electron chi connectivity index (χ1n) is 12.8. The van der Waals surface area contributed by atoms with Crippen molar-refractivity contribution < 1.29 is 24.2 Å². The van der Waals surface area contributed by atoms with E-state index in [0.717, 1.165) is 25.7 Å². The Hall–Kier alpha value is -2.19. The summed E-state index contributed by atoms with van der Waals surface area (Å²) in [6.07, 6.45) is 10.7. The van der Waals surface area contributed by atoms with Gasteiger partial charge >= 0.3 is 0 Å². The van der Waals surface area contributed by atoms with E-state index in [9.17, 15) is 19.5 Å². The van der Waals surface area contributed by atoms with Crippen LogP contribution in [0.1, 0.15) is 46.5 Å². The topological polar surface area (TPSA) is 90.4 Å². The van der Waals surface area contributed by atoms with Crippen molar-refractivity contribution in [3.63, 3.8) is 0 Å². The summed E-state index contributed by atoms with van der Waals surface area (Å²) in [6.45, 7) is 7.40. The molecule has 7 atom stereocenters. The highest BCUT2D eigenvalue weighted by Gasteiger charge is 2.72. The number of carbonyl (C=O) groups is 3. The fourth-order valence-electron chi connectivity index (χ4n) is 6.17. The number of aliphatic hydroxyl groups excluding tert-OH is 1. The highest BCUT2D eigenvalue weighted by molar-refractivity contribution is 6.00. The van der Waals surface area contributed by atoms with Gasteiger partial charge in [-0.25, -0.2) is 0 Å². The normalized spacial score (nSPS) is 34.6. The highest BCUT2D eigenvalue weighted by atomic mass is 16.5. The van der Waals surface area contributed by atoms with Gasteiger partial charge in [0.1, 0.15) is 11.6 Å². The maximum atomic E-state index is 14.1. The summed E-state index contributed by atoms with van der Waals surface area (Å²) in [5.41, 5.74) is -1.22. The van der Waals surface area contributed by atoms with Crippen LogP contribution in [0, 0.1) is 17.8 Å². The molecule has 8 nitrogen and oxygen atoms in total. The molecule has 0 saturated carbocycles. The highest BCUT2D eigenvalue weighted by Crippen LogP contribution is 2.54. The summed E-state index contributed by atoms with van der Waals surface area (Å²) >= 11 is 0. The van der Waals surface area contributed by atoms with E-state index >= 15 is 0 Å². The van der Waals surface area contributed by atoms with Crippen LogP contribution in [-0.2, 0) is 19.1 Å². The Morgan fingerprint density at radius 2 is 1.88 bits per heavy atom. The molecule has 188 valence electrons. The number of rotatable bonds is 8. The molecule has 0 aliphatic carbocycles. The summed E-state index contributed by atoms with van der Waals surface area (Å²) in [5, 5.41) is 10.4. The zero-order valence-corrected chi connectivity index (χ0v) is 20.9. The largest absolute Gasteiger partial charge is 0.394 e. The van der Waals surface area contributed by atoms with E-state index < -0.39 is 35.6 Å². The first kappa shape index (κ1) is 24.9. The van der Waals surface area contributed by atoms with E-state index in [1.165, 1.54) is 0 Å². The Morgan fingerprint density at radius 1 is 1.12 bits per heavy atom. The molecule has 0 bridgehead atoms. The van der Waals surface area contributed by atoms with Gasteiger partial charge in [0.15, 0.2) is 0 Å². The second kappa shape index (κ2) is 9.82. The third-order valence-electron chi connectivity index (χ3n) is 8.26. The molecule has 8 heteroatoms. The van der Waals surface area contributed by atoms with Gasteiger partial charge in [-0.05, 0) is 12.3 Å². The number of unbranched alkanes of at least 4 members (excludes halogenated alkanes) is 2. The minimum atomic E-state index is -1.22. The number of likely N-dealkylation sites (tertiary alicyclic amines) is 1. The van der Waals surface area contributed by atoms with Crippen molar-refractivity contribution >= 4 is 17.7 Å². The van der Waals surface area contributed by atoms with Crippen LogP contribution >= 0.6 is 0 Å². The smallest absolute Gasteiger partial charge is 0.249 e. The maximum Gasteiger partial charge on any atom is 0.249 e. The van der Waals surface area contributed by atoms with Gasteiger partial charge in [0.25, 0.3) is 0 Å². The number of likely N-dealkylation sites (N-methyl/N-ethyl adjacent to an activating group) is 1. The van der Waals surface area contributed by atoms with Crippen molar-refractivity contribution in [2.24, 2.45) is 17.8 Å². The van der Waals surface area contributed by atoms with Crippen molar-refractivity contribution in [2.45, 2.75) is 70.2 Å². The Morgan fingerprint density at radius 3 is 2.56 bits per heavy atom. The van der Waals surface area contributed by atoms with Crippen molar-refractivity contribution in [3.05, 3.63) is 24.3 Å². The SMILES string of the molecule is CCCCCN1CC=C[C@]23O[C@H]4C=CCN(C)C(=O)[C@H]4[C@H]2C(=O)N([C@@H](CO)[C@@H](C)CC)C3C1=O. The van der Waals surface area contributed by atoms with E-state index in [1.54, 1.807) is 21.7 Å². The third kappa shape index (κ3) is 3.79. The van der Waals surface area contributed by atoms with Crippen LogP contribution < -0.4 is 0 Å². The number of hydrogen-bond acceptors (Lipinski definition) is 5. The third-order valence-corrected chi connectivity index (χ3v) is 8.26. The predicted molar refractivity (Wildman–Crippen MR) is 128 cm³/mol. The molecule has 2 fully saturated rings. The van der Waals surface area contributed by atoms with Crippen molar-refractivity contribution in [2.75, 3.05) is 33.3 Å². The fourth-order valence-corrected chi connectivity index (χ4v) is 6.17.